The number of rotatable bonds is 1. The number of fused-ring (bicyclic) bond motifs is 2. The molecule has 0 aromatic heterocycles. The third-order valence-electron chi connectivity index (χ3n) is 5.59. The van der Waals surface area contributed by atoms with E-state index in [0.717, 1.165) is 6.42 Å². The zero-order valence-corrected chi connectivity index (χ0v) is 10.1. The van der Waals surface area contributed by atoms with E-state index in [9.17, 15) is 5.11 Å². The average molecular weight is 197 g/mol. The van der Waals surface area contributed by atoms with E-state index in [-0.39, 0.29) is 10.8 Å². The minimum atomic E-state index is -0.584. The van der Waals surface area contributed by atoms with Gasteiger partial charge in [-0.05, 0) is 44.7 Å². The zero-order valence-electron chi connectivity index (χ0n) is 10.1. The van der Waals surface area contributed by atoms with Gasteiger partial charge in [0.15, 0.2) is 0 Å². The van der Waals surface area contributed by atoms with Crippen LogP contribution in [0.1, 0.15) is 40.0 Å². The van der Waals surface area contributed by atoms with E-state index in [4.69, 9.17) is 0 Å². The second-order valence-corrected chi connectivity index (χ2v) is 6.20. The maximum absolute atomic E-state index is 10.8. The normalized spacial score (nSPS) is 50.4. The molecule has 2 rings (SSSR count). The van der Waals surface area contributed by atoms with E-state index in [2.05, 4.69) is 20.8 Å². The van der Waals surface area contributed by atoms with Crippen LogP contribution in [-0.4, -0.2) is 29.8 Å². The third kappa shape index (κ3) is 0.849. The van der Waals surface area contributed by atoms with Gasteiger partial charge in [0, 0.05) is 5.41 Å². The number of hydrogen-bond acceptors (Lipinski definition) is 2. The number of hydrogen-bond donors (Lipinski definition) is 1. The standard InChI is InChI=1S/C12H23NO/c1-10(2)9-6-7-11(10,3)12(14,8-9)13(4)5/h9,14H,6-8H2,1-5H3/t9-,11+,12-/m1/s1. The Hall–Kier alpha value is -0.0800. The predicted octanol–water partition coefficient (Wildman–Crippen LogP) is 2.08. The molecule has 0 aromatic rings. The summed E-state index contributed by atoms with van der Waals surface area (Å²) in [6, 6.07) is 0. The minimum absolute atomic E-state index is 0.0637. The molecule has 82 valence electrons. The van der Waals surface area contributed by atoms with Crippen LogP contribution in [-0.2, 0) is 0 Å². The molecule has 0 amide bonds. The molecule has 2 heteroatoms. The van der Waals surface area contributed by atoms with Crippen molar-refractivity contribution in [3.05, 3.63) is 0 Å². The van der Waals surface area contributed by atoms with Crippen LogP contribution in [0.15, 0.2) is 0 Å². The molecule has 2 saturated carbocycles. The van der Waals surface area contributed by atoms with Crippen molar-refractivity contribution in [1.82, 2.24) is 4.90 Å². The SMILES string of the molecule is CN(C)[C@@]1(O)C[C@H]2CC[C@@]1(C)C2(C)C. The Kier molecular flexibility index (Phi) is 1.89. The molecule has 0 unspecified atom stereocenters. The monoisotopic (exact) mass is 197 g/mol. The van der Waals surface area contributed by atoms with Gasteiger partial charge < -0.3 is 5.11 Å². The summed E-state index contributed by atoms with van der Waals surface area (Å²) in [7, 11) is 4.00. The molecule has 3 atom stereocenters. The summed E-state index contributed by atoms with van der Waals surface area (Å²) >= 11 is 0. The van der Waals surface area contributed by atoms with Crippen molar-refractivity contribution in [1.29, 1.82) is 0 Å². The summed E-state index contributed by atoms with van der Waals surface area (Å²) in [5, 5.41) is 10.8. The number of aliphatic hydroxyl groups is 1. The number of nitrogens with zero attached hydrogens (tertiary/aromatic N) is 1. The molecule has 2 fully saturated rings. The molecule has 2 aliphatic rings. The summed E-state index contributed by atoms with van der Waals surface area (Å²) in [5.74, 6) is 0.694. The Morgan fingerprint density at radius 1 is 1.21 bits per heavy atom. The molecule has 1 N–H and O–H groups in total. The molecule has 0 radical (unpaired) electrons. The molecule has 0 saturated heterocycles. The zero-order chi connectivity index (χ0) is 10.8. The van der Waals surface area contributed by atoms with Crippen molar-refractivity contribution in [3.8, 4) is 0 Å². The van der Waals surface area contributed by atoms with Crippen LogP contribution in [0.25, 0.3) is 0 Å². The largest absolute Gasteiger partial charge is 0.375 e. The Labute approximate surface area is 87.3 Å². The average Bonchev–Trinajstić information content (AvgIpc) is 2.36. The molecule has 0 aromatic carbocycles. The van der Waals surface area contributed by atoms with Crippen molar-refractivity contribution in [2.24, 2.45) is 16.7 Å². The summed E-state index contributed by atoms with van der Waals surface area (Å²) in [4.78, 5) is 2.02. The van der Waals surface area contributed by atoms with Crippen molar-refractivity contribution < 1.29 is 5.11 Å². The van der Waals surface area contributed by atoms with Gasteiger partial charge in [0.2, 0.25) is 0 Å². The predicted molar refractivity (Wildman–Crippen MR) is 57.9 cm³/mol. The fourth-order valence-corrected chi connectivity index (χ4v) is 3.91. The van der Waals surface area contributed by atoms with Gasteiger partial charge in [-0.2, -0.15) is 0 Å². The topological polar surface area (TPSA) is 23.5 Å². The van der Waals surface area contributed by atoms with E-state index in [0.29, 0.717) is 5.92 Å². The Morgan fingerprint density at radius 2 is 1.79 bits per heavy atom. The van der Waals surface area contributed by atoms with Gasteiger partial charge in [-0.15, -0.1) is 0 Å². The van der Waals surface area contributed by atoms with Gasteiger partial charge in [-0.25, -0.2) is 0 Å². The van der Waals surface area contributed by atoms with Crippen LogP contribution in [0.4, 0.5) is 0 Å². The molecular weight excluding hydrogens is 174 g/mol. The minimum Gasteiger partial charge on any atom is -0.375 e. The first-order chi connectivity index (χ1) is 6.26. The van der Waals surface area contributed by atoms with Gasteiger partial charge >= 0.3 is 0 Å². The molecule has 2 nitrogen and oxygen atoms in total. The first-order valence-electron chi connectivity index (χ1n) is 5.65. The highest BCUT2D eigenvalue weighted by Crippen LogP contribution is 2.69. The lowest BCUT2D eigenvalue weighted by molar-refractivity contribution is -0.178. The molecule has 0 spiro atoms. The van der Waals surface area contributed by atoms with Crippen LogP contribution in [0.2, 0.25) is 0 Å². The van der Waals surface area contributed by atoms with Crippen molar-refractivity contribution >= 4 is 0 Å². The fraction of sp³-hybridized carbons (Fsp3) is 1.00. The van der Waals surface area contributed by atoms with E-state index in [1.807, 2.05) is 19.0 Å². The van der Waals surface area contributed by atoms with Crippen LogP contribution in [0.5, 0.6) is 0 Å². The van der Waals surface area contributed by atoms with Crippen LogP contribution in [0, 0.1) is 16.7 Å². The van der Waals surface area contributed by atoms with Crippen LogP contribution in [0.3, 0.4) is 0 Å². The van der Waals surface area contributed by atoms with Crippen molar-refractivity contribution in [2.45, 2.75) is 45.8 Å². The molecule has 0 heterocycles. The smallest absolute Gasteiger partial charge is 0.124 e. The van der Waals surface area contributed by atoms with Crippen LogP contribution >= 0.6 is 0 Å². The molecular formula is C12H23NO. The van der Waals surface area contributed by atoms with E-state index in [1.54, 1.807) is 0 Å². The summed E-state index contributed by atoms with van der Waals surface area (Å²) in [6.45, 7) is 6.91. The van der Waals surface area contributed by atoms with Gasteiger partial charge in [-0.3, -0.25) is 4.90 Å². The lowest BCUT2D eigenvalue weighted by atomic mass is 9.67. The highest BCUT2D eigenvalue weighted by molar-refractivity contribution is 5.16. The molecule has 0 aliphatic heterocycles. The summed E-state index contributed by atoms with van der Waals surface area (Å²) in [6.07, 6.45) is 3.41. The van der Waals surface area contributed by atoms with Gasteiger partial charge in [0.1, 0.15) is 5.72 Å². The Bertz CT molecular complexity index is 261. The Morgan fingerprint density at radius 3 is 2.00 bits per heavy atom. The van der Waals surface area contributed by atoms with Gasteiger partial charge in [0.05, 0.1) is 0 Å². The third-order valence-corrected chi connectivity index (χ3v) is 5.59. The lowest BCUT2D eigenvalue weighted by Gasteiger charge is -2.48. The Balaban J connectivity index is 2.45. The maximum Gasteiger partial charge on any atom is 0.124 e. The first kappa shape index (κ1) is 10.4. The van der Waals surface area contributed by atoms with E-state index >= 15 is 0 Å². The summed E-state index contributed by atoms with van der Waals surface area (Å²) in [5.41, 5.74) is -0.237. The molecule has 14 heavy (non-hydrogen) atoms. The first-order valence-corrected chi connectivity index (χ1v) is 5.65. The van der Waals surface area contributed by atoms with Crippen LogP contribution < -0.4 is 0 Å². The van der Waals surface area contributed by atoms with Gasteiger partial charge in [-0.1, -0.05) is 20.8 Å². The highest BCUT2D eigenvalue weighted by Gasteiger charge is 2.69. The lowest BCUT2D eigenvalue weighted by Crippen LogP contribution is -2.56. The van der Waals surface area contributed by atoms with E-state index in [1.165, 1.54) is 12.8 Å². The second-order valence-electron chi connectivity index (χ2n) is 6.20. The van der Waals surface area contributed by atoms with Gasteiger partial charge in [0.25, 0.3) is 0 Å². The van der Waals surface area contributed by atoms with Crippen molar-refractivity contribution in [3.63, 3.8) is 0 Å². The second kappa shape index (κ2) is 2.53. The summed E-state index contributed by atoms with van der Waals surface area (Å²) < 4.78 is 0. The van der Waals surface area contributed by atoms with Crippen molar-refractivity contribution in [2.75, 3.05) is 14.1 Å². The molecule has 2 bridgehead atoms. The molecule has 2 aliphatic carbocycles. The highest BCUT2D eigenvalue weighted by atomic mass is 16.3. The maximum atomic E-state index is 10.8. The van der Waals surface area contributed by atoms with E-state index < -0.39 is 5.72 Å². The quantitative estimate of drug-likeness (QED) is 0.651. The fourth-order valence-electron chi connectivity index (χ4n) is 3.91.